The van der Waals surface area contributed by atoms with Crippen LogP contribution in [-0.2, 0) is 14.4 Å². The van der Waals surface area contributed by atoms with Gasteiger partial charge in [0.2, 0.25) is 16.9 Å². The molecule has 0 bridgehead atoms. The minimum atomic E-state index is -0.995. The van der Waals surface area contributed by atoms with Gasteiger partial charge in [-0.1, -0.05) is 61.3 Å². The standard InChI is InChI=1S/C31H33FN4O4S/c32-29-28(24-9-4-3-8-23(24)20-11-14-25(33-18-20)35-15-5-10-26(35)37)34-31(41-29)36(22-12-13-22)30(40)21(17-27(38)39)16-19-6-1-2-7-19/h3-4,8-9,11,14,18-19,21-22H,1-2,5-7,10,12-13,15-17H2,(H,38,39)/t21-/m1/s1. The Morgan fingerprint density at radius 2 is 1.83 bits per heavy atom. The van der Waals surface area contributed by atoms with E-state index in [4.69, 9.17) is 0 Å². The SMILES string of the molecule is O=C(O)C[C@@H](CC1CCCC1)C(=O)N(c1nc(-c2ccccc2-c2ccc(N3CCCC3=O)nc2)c(F)s1)C1CC1. The van der Waals surface area contributed by atoms with Crippen molar-refractivity contribution in [3.05, 3.63) is 47.7 Å². The van der Waals surface area contributed by atoms with Gasteiger partial charge in [-0.3, -0.25) is 24.2 Å². The topological polar surface area (TPSA) is 104 Å². The molecule has 10 heteroatoms. The number of rotatable bonds is 10. The quantitative estimate of drug-likeness (QED) is 0.304. The van der Waals surface area contributed by atoms with Gasteiger partial charge in [0.25, 0.3) is 0 Å². The Kier molecular flexibility index (Phi) is 7.84. The van der Waals surface area contributed by atoms with Crippen LogP contribution in [0.5, 0.6) is 0 Å². The summed E-state index contributed by atoms with van der Waals surface area (Å²) in [5, 5.41) is 9.36. The Labute approximate surface area is 242 Å². The number of amides is 2. The normalized spacial score (nSPS) is 18.2. The molecule has 1 saturated heterocycles. The molecule has 0 unspecified atom stereocenters. The molecule has 3 aromatic rings. The van der Waals surface area contributed by atoms with Gasteiger partial charge in [0.05, 0.1) is 6.42 Å². The van der Waals surface area contributed by atoms with Crippen molar-refractivity contribution in [3.63, 3.8) is 0 Å². The molecular weight excluding hydrogens is 543 g/mol. The molecule has 2 aliphatic carbocycles. The van der Waals surface area contributed by atoms with Gasteiger partial charge >= 0.3 is 5.97 Å². The van der Waals surface area contributed by atoms with Crippen LogP contribution < -0.4 is 9.80 Å². The van der Waals surface area contributed by atoms with Crippen molar-refractivity contribution in [1.29, 1.82) is 0 Å². The van der Waals surface area contributed by atoms with E-state index in [1.165, 1.54) is 0 Å². The molecule has 3 fully saturated rings. The lowest BCUT2D eigenvalue weighted by Gasteiger charge is -2.26. The van der Waals surface area contributed by atoms with Gasteiger partial charge in [0, 0.05) is 42.2 Å². The maximum Gasteiger partial charge on any atom is 0.304 e. The summed E-state index contributed by atoms with van der Waals surface area (Å²) in [7, 11) is 0. The number of pyridine rings is 1. The molecule has 1 aliphatic heterocycles. The number of nitrogens with zero attached hydrogens (tertiary/aromatic N) is 4. The average molecular weight is 577 g/mol. The van der Waals surface area contributed by atoms with Crippen molar-refractivity contribution < 1.29 is 23.9 Å². The first-order valence-electron chi connectivity index (χ1n) is 14.5. The summed E-state index contributed by atoms with van der Waals surface area (Å²) in [5.41, 5.74) is 2.24. The summed E-state index contributed by atoms with van der Waals surface area (Å²) in [6, 6.07) is 10.9. The summed E-state index contributed by atoms with van der Waals surface area (Å²) in [6.07, 6.45) is 9.18. The Morgan fingerprint density at radius 1 is 1.07 bits per heavy atom. The van der Waals surface area contributed by atoms with Crippen molar-refractivity contribution in [3.8, 4) is 22.4 Å². The number of hydrogen-bond donors (Lipinski definition) is 1. The lowest BCUT2D eigenvalue weighted by Crippen LogP contribution is -2.39. The molecule has 0 radical (unpaired) electrons. The van der Waals surface area contributed by atoms with Crippen LogP contribution in [0.25, 0.3) is 22.4 Å². The number of benzene rings is 1. The Hall–Kier alpha value is -3.66. The number of hydrogen-bond acceptors (Lipinski definition) is 6. The summed E-state index contributed by atoms with van der Waals surface area (Å²) in [4.78, 5) is 50.1. The monoisotopic (exact) mass is 576 g/mol. The molecule has 41 heavy (non-hydrogen) atoms. The van der Waals surface area contributed by atoms with Crippen LogP contribution in [0.2, 0.25) is 0 Å². The zero-order valence-electron chi connectivity index (χ0n) is 22.8. The van der Waals surface area contributed by atoms with Crippen molar-refractivity contribution >= 4 is 40.1 Å². The molecule has 1 N–H and O–H groups in total. The number of aliphatic carboxylic acids is 1. The van der Waals surface area contributed by atoms with E-state index in [9.17, 15) is 19.5 Å². The second-order valence-corrected chi connectivity index (χ2v) is 12.3. The fourth-order valence-electron chi connectivity index (χ4n) is 6.19. The van der Waals surface area contributed by atoms with Crippen LogP contribution in [0.1, 0.15) is 64.2 Å². The Balaban J connectivity index is 1.29. The number of carbonyl (C=O) groups is 3. The highest BCUT2D eigenvalue weighted by atomic mass is 32.1. The maximum absolute atomic E-state index is 15.6. The number of thiazole rings is 1. The lowest BCUT2D eigenvalue weighted by molar-refractivity contribution is -0.141. The summed E-state index contributed by atoms with van der Waals surface area (Å²) >= 11 is 0.836. The first kappa shape index (κ1) is 27.5. The molecule has 214 valence electrons. The van der Waals surface area contributed by atoms with E-state index in [1.54, 1.807) is 28.1 Å². The van der Waals surface area contributed by atoms with Gasteiger partial charge in [-0.25, -0.2) is 9.97 Å². The largest absolute Gasteiger partial charge is 0.481 e. The van der Waals surface area contributed by atoms with Gasteiger partial charge < -0.3 is 5.11 Å². The predicted octanol–water partition coefficient (Wildman–Crippen LogP) is 6.30. The second kappa shape index (κ2) is 11.7. The summed E-state index contributed by atoms with van der Waals surface area (Å²) in [5.74, 6) is -0.888. The van der Waals surface area contributed by atoms with Crippen LogP contribution in [-0.4, -0.2) is 45.4 Å². The molecular formula is C31H33FN4O4S. The summed E-state index contributed by atoms with van der Waals surface area (Å²) in [6.45, 7) is 0.652. The van der Waals surface area contributed by atoms with Crippen LogP contribution >= 0.6 is 11.3 Å². The fourth-order valence-corrected chi connectivity index (χ4v) is 7.07. The third-order valence-electron chi connectivity index (χ3n) is 8.38. The Bertz CT molecular complexity index is 1450. The van der Waals surface area contributed by atoms with Gasteiger partial charge in [-0.05, 0) is 49.3 Å². The highest BCUT2D eigenvalue weighted by Gasteiger charge is 2.40. The molecule has 2 amide bonds. The fraction of sp³-hybridized carbons (Fsp3) is 0.452. The molecule has 3 heterocycles. The number of carbonyl (C=O) groups excluding carboxylic acids is 2. The minimum absolute atomic E-state index is 0.0614. The van der Waals surface area contributed by atoms with Crippen LogP contribution in [0.15, 0.2) is 42.6 Å². The number of aromatic nitrogens is 2. The van der Waals surface area contributed by atoms with Gasteiger partial charge in [-0.2, -0.15) is 4.39 Å². The van der Waals surface area contributed by atoms with E-state index in [-0.39, 0.29) is 35.1 Å². The van der Waals surface area contributed by atoms with Crippen molar-refractivity contribution in [2.75, 3.05) is 16.3 Å². The van der Waals surface area contributed by atoms with E-state index < -0.39 is 17.0 Å². The smallest absolute Gasteiger partial charge is 0.304 e. The number of anilines is 2. The highest BCUT2D eigenvalue weighted by Crippen LogP contribution is 2.42. The highest BCUT2D eigenvalue weighted by molar-refractivity contribution is 7.14. The third-order valence-corrected chi connectivity index (χ3v) is 9.23. The lowest BCUT2D eigenvalue weighted by atomic mass is 9.90. The molecule has 2 saturated carbocycles. The van der Waals surface area contributed by atoms with Crippen LogP contribution in [0.4, 0.5) is 15.3 Å². The maximum atomic E-state index is 15.6. The van der Waals surface area contributed by atoms with E-state index in [0.717, 1.165) is 67.4 Å². The van der Waals surface area contributed by atoms with E-state index >= 15 is 4.39 Å². The van der Waals surface area contributed by atoms with Gasteiger partial charge in [0.1, 0.15) is 11.5 Å². The van der Waals surface area contributed by atoms with Gasteiger partial charge in [0.15, 0.2) is 5.13 Å². The second-order valence-electron chi connectivity index (χ2n) is 11.3. The predicted molar refractivity (Wildman–Crippen MR) is 155 cm³/mol. The molecule has 1 atom stereocenters. The van der Waals surface area contributed by atoms with E-state index in [2.05, 4.69) is 9.97 Å². The Morgan fingerprint density at radius 3 is 2.46 bits per heavy atom. The minimum Gasteiger partial charge on any atom is -0.481 e. The molecule has 8 nitrogen and oxygen atoms in total. The number of carboxylic acids is 1. The number of halogens is 1. The molecule has 0 spiro atoms. The zero-order chi connectivity index (χ0) is 28.5. The number of carboxylic acid groups (broad SMARTS) is 1. The molecule has 6 rings (SSSR count). The van der Waals surface area contributed by atoms with E-state index in [0.29, 0.717) is 36.7 Å². The van der Waals surface area contributed by atoms with Crippen molar-refractivity contribution in [2.45, 2.75) is 70.3 Å². The van der Waals surface area contributed by atoms with Gasteiger partial charge in [-0.15, -0.1) is 0 Å². The van der Waals surface area contributed by atoms with Crippen molar-refractivity contribution in [1.82, 2.24) is 9.97 Å². The summed E-state index contributed by atoms with van der Waals surface area (Å²) < 4.78 is 15.6. The zero-order valence-corrected chi connectivity index (χ0v) is 23.6. The average Bonchev–Trinajstić information content (AvgIpc) is 3.29. The van der Waals surface area contributed by atoms with E-state index in [1.807, 2.05) is 24.3 Å². The van der Waals surface area contributed by atoms with Crippen molar-refractivity contribution in [2.24, 2.45) is 11.8 Å². The first-order valence-corrected chi connectivity index (χ1v) is 15.3. The first-order chi connectivity index (χ1) is 19.9. The molecule has 2 aromatic heterocycles. The molecule has 1 aromatic carbocycles. The third kappa shape index (κ3) is 5.88. The van der Waals surface area contributed by atoms with Crippen LogP contribution in [0, 0.1) is 17.0 Å². The molecule has 3 aliphatic rings. The van der Waals surface area contributed by atoms with Crippen LogP contribution in [0.3, 0.4) is 0 Å².